The van der Waals surface area contributed by atoms with Gasteiger partial charge in [0.1, 0.15) is 18.5 Å². The molecule has 1 saturated heterocycles. The molecule has 0 saturated carbocycles. The quantitative estimate of drug-likeness (QED) is 0.814. The Morgan fingerprint density at radius 1 is 1.41 bits per heavy atom. The van der Waals surface area contributed by atoms with Gasteiger partial charge in [0, 0.05) is 13.1 Å². The van der Waals surface area contributed by atoms with Gasteiger partial charge in [-0.2, -0.15) is 0 Å². The van der Waals surface area contributed by atoms with Gasteiger partial charge in [0.2, 0.25) is 0 Å². The standard InChI is InChI=1S/C17H25NO4/c1-13-4-3-9-18(10-13)11-15(19)12-22-16-7-5-14(6-8-16)17(20)21-2/h5-8,13,15,19H,3-4,9-12H2,1-2H3/t13-,15+/m0/s1. The first-order valence-electron chi connectivity index (χ1n) is 7.80. The van der Waals surface area contributed by atoms with Crippen LogP contribution in [0.5, 0.6) is 5.75 Å². The fraction of sp³-hybridized carbons (Fsp3) is 0.588. The van der Waals surface area contributed by atoms with Crippen LogP contribution in [-0.2, 0) is 4.74 Å². The summed E-state index contributed by atoms with van der Waals surface area (Å²) in [6, 6.07) is 6.73. The third-order valence-electron chi connectivity index (χ3n) is 3.93. The number of ether oxygens (including phenoxy) is 2. The van der Waals surface area contributed by atoms with Crippen LogP contribution in [0.3, 0.4) is 0 Å². The molecule has 1 aliphatic rings. The van der Waals surface area contributed by atoms with Gasteiger partial charge < -0.3 is 19.5 Å². The van der Waals surface area contributed by atoms with Crippen LogP contribution in [0.1, 0.15) is 30.1 Å². The first kappa shape index (κ1) is 16.8. The summed E-state index contributed by atoms with van der Waals surface area (Å²) in [6.07, 6.45) is 1.96. The first-order valence-corrected chi connectivity index (χ1v) is 7.80. The first-order chi connectivity index (χ1) is 10.6. The van der Waals surface area contributed by atoms with Crippen molar-refractivity contribution in [3.63, 3.8) is 0 Å². The molecule has 0 radical (unpaired) electrons. The van der Waals surface area contributed by atoms with Crippen LogP contribution in [0.15, 0.2) is 24.3 Å². The van der Waals surface area contributed by atoms with Crippen LogP contribution >= 0.6 is 0 Å². The predicted molar refractivity (Wildman–Crippen MR) is 84.1 cm³/mol. The molecule has 0 unspecified atom stereocenters. The zero-order chi connectivity index (χ0) is 15.9. The van der Waals surface area contributed by atoms with Crippen molar-refractivity contribution in [1.29, 1.82) is 0 Å². The van der Waals surface area contributed by atoms with E-state index in [0.717, 1.165) is 13.1 Å². The number of hydrogen-bond acceptors (Lipinski definition) is 5. The maximum absolute atomic E-state index is 11.3. The van der Waals surface area contributed by atoms with E-state index in [1.165, 1.54) is 20.0 Å². The molecule has 1 aromatic rings. The van der Waals surface area contributed by atoms with Crippen LogP contribution in [-0.4, -0.2) is 55.4 Å². The van der Waals surface area contributed by atoms with E-state index in [9.17, 15) is 9.90 Å². The summed E-state index contributed by atoms with van der Waals surface area (Å²) in [4.78, 5) is 13.6. The zero-order valence-electron chi connectivity index (χ0n) is 13.3. The molecule has 1 aromatic carbocycles. The SMILES string of the molecule is COC(=O)c1ccc(OC[C@H](O)CN2CCC[C@H](C)C2)cc1. The summed E-state index contributed by atoms with van der Waals surface area (Å²) in [7, 11) is 1.35. The Morgan fingerprint density at radius 2 is 2.14 bits per heavy atom. The largest absolute Gasteiger partial charge is 0.491 e. The highest BCUT2D eigenvalue weighted by Gasteiger charge is 2.19. The number of aliphatic hydroxyl groups excluding tert-OH is 1. The second-order valence-electron chi connectivity index (χ2n) is 5.99. The van der Waals surface area contributed by atoms with Crippen molar-refractivity contribution in [2.24, 2.45) is 5.92 Å². The molecular weight excluding hydrogens is 282 g/mol. The Bertz CT molecular complexity index is 474. The summed E-state index contributed by atoms with van der Waals surface area (Å²) < 4.78 is 10.2. The molecule has 1 fully saturated rings. The maximum Gasteiger partial charge on any atom is 0.337 e. The van der Waals surface area contributed by atoms with E-state index in [2.05, 4.69) is 16.6 Å². The molecule has 5 heteroatoms. The predicted octanol–water partition coefficient (Wildman–Crippen LogP) is 1.94. The molecule has 1 heterocycles. The molecule has 5 nitrogen and oxygen atoms in total. The number of carbonyl (C=O) groups is 1. The second kappa shape index (κ2) is 8.15. The Balaban J connectivity index is 1.76. The van der Waals surface area contributed by atoms with Crippen LogP contribution in [0, 0.1) is 5.92 Å². The molecular formula is C17H25NO4. The van der Waals surface area contributed by atoms with Gasteiger partial charge in [-0.3, -0.25) is 0 Å². The summed E-state index contributed by atoms with van der Waals surface area (Å²) in [6.45, 7) is 5.24. The molecule has 0 amide bonds. The number of rotatable bonds is 6. The number of hydrogen-bond donors (Lipinski definition) is 1. The van der Waals surface area contributed by atoms with Crippen molar-refractivity contribution in [2.75, 3.05) is 33.4 Å². The van der Waals surface area contributed by atoms with Crippen molar-refractivity contribution >= 4 is 5.97 Å². The lowest BCUT2D eigenvalue weighted by molar-refractivity contribution is 0.0536. The number of piperidine rings is 1. The summed E-state index contributed by atoms with van der Waals surface area (Å²) in [5.74, 6) is 0.970. The van der Waals surface area contributed by atoms with Gasteiger partial charge in [0.05, 0.1) is 12.7 Å². The Morgan fingerprint density at radius 3 is 2.77 bits per heavy atom. The van der Waals surface area contributed by atoms with Gasteiger partial charge in [-0.05, 0) is 49.6 Å². The Kier molecular flexibility index (Phi) is 6.21. The van der Waals surface area contributed by atoms with Crippen LogP contribution in [0.25, 0.3) is 0 Å². The number of aliphatic hydroxyl groups is 1. The lowest BCUT2D eigenvalue weighted by Crippen LogP contribution is -2.41. The molecule has 122 valence electrons. The van der Waals surface area contributed by atoms with Gasteiger partial charge in [-0.15, -0.1) is 0 Å². The van der Waals surface area contributed by atoms with Gasteiger partial charge in [0.25, 0.3) is 0 Å². The number of benzene rings is 1. The molecule has 22 heavy (non-hydrogen) atoms. The van der Waals surface area contributed by atoms with Crippen molar-refractivity contribution in [3.05, 3.63) is 29.8 Å². The van der Waals surface area contributed by atoms with E-state index in [1.807, 2.05) is 0 Å². The fourth-order valence-corrected chi connectivity index (χ4v) is 2.80. The van der Waals surface area contributed by atoms with E-state index < -0.39 is 6.10 Å². The molecule has 0 aliphatic carbocycles. The van der Waals surface area contributed by atoms with Crippen molar-refractivity contribution < 1.29 is 19.4 Å². The van der Waals surface area contributed by atoms with E-state index in [1.54, 1.807) is 24.3 Å². The Hall–Kier alpha value is -1.59. The highest BCUT2D eigenvalue weighted by molar-refractivity contribution is 5.89. The van der Waals surface area contributed by atoms with Gasteiger partial charge in [-0.25, -0.2) is 4.79 Å². The van der Waals surface area contributed by atoms with Crippen LogP contribution in [0.4, 0.5) is 0 Å². The smallest absolute Gasteiger partial charge is 0.337 e. The van der Waals surface area contributed by atoms with E-state index >= 15 is 0 Å². The average Bonchev–Trinajstić information content (AvgIpc) is 2.52. The molecule has 1 N–H and O–H groups in total. The minimum atomic E-state index is -0.509. The number of esters is 1. The molecule has 0 spiro atoms. The number of β-amino-alcohol motifs (C(OH)–C–C–N with tert-alkyl or cyclic N) is 1. The summed E-state index contributed by atoms with van der Waals surface area (Å²) in [5, 5.41) is 10.1. The lowest BCUT2D eigenvalue weighted by atomic mass is 10.0. The van der Waals surface area contributed by atoms with Crippen molar-refractivity contribution in [3.8, 4) is 5.75 Å². The highest BCUT2D eigenvalue weighted by atomic mass is 16.5. The number of nitrogens with zero attached hydrogens (tertiary/aromatic N) is 1. The van der Waals surface area contributed by atoms with Gasteiger partial charge >= 0.3 is 5.97 Å². The Labute approximate surface area is 131 Å². The molecule has 2 atom stereocenters. The van der Waals surface area contributed by atoms with Gasteiger partial charge in [0.15, 0.2) is 0 Å². The molecule has 0 bridgehead atoms. The number of carbonyl (C=O) groups excluding carboxylic acids is 1. The maximum atomic E-state index is 11.3. The molecule has 1 aliphatic heterocycles. The normalized spacial score (nSPS) is 20.4. The third kappa shape index (κ3) is 5.00. The van der Waals surface area contributed by atoms with Crippen molar-refractivity contribution in [1.82, 2.24) is 4.90 Å². The zero-order valence-corrected chi connectivity index (χ0v) is 13.3. The van der Waals surface area contributed by atoms with Crippen LogP contribution in [0.2, 0.25) is 0 Å². The molecule has 2 rings (SSSR count). The minimum Gasteiger partial charge on any atom is -0.491 e. The van der Waals surface area contributed by atoms with E-state index in [0.29, 0.717) is 23.8 Å². The van der Waals surface area contributed by atoms with Gasteiger partial charge in [-0.1, -0.05) is 6.92 Å². The van der Waals surface area contributed by atoms with Crippen molar-refractivity contribution in [2.45, 2.75) is 25.9 Å². The average molecular weight is 307 g/mol. The summed E-state index contributed by atoms with van der Waals surface area (Å²) in [5.41, 5.74) is 0.484. The van der Waals surface area contributed by atoms with Crippen LogP contribution < -0.4 is 4.74 Å². The monoisotopic (exact) mass is 307 g/mol. The van der Waals surface area contributed by atoms with E-state index in [-0.39, 0.29) is 12.6 Å². The lowest BCUT2D eigenvalue weighted by Gasteiger charge is -2.32. The third-order valence-corrected chi connectivity index (χ3v) is 3.93. The minimum absolute atomic E-state index is 0.252. The topological polar surface area (TPSA) is 59.0 Å². The number of methoxy groups -OCH3 is 1. The second-order valence-corrected chi connectivity index (χ2v) is 5.99. The number of likely N-dealkylation sites (tertiary alicyclic amines) is 1. The summed E-state index contributed by atoms with van der Waals surface area (Å²) >= 11 is 0. The fourth-order valence-electron chi connectivity index (χ4n) is 2.80. The molecule has 0 aromatic heterocycles. The highest BCUT2D eigenvalue weighted by Crippen LogP contribution is 2.16. The van der Waals surface area contributed by atoms with E-state index in [4.69, 9.17) is 4.74 Å².